The normalized spacial score (nSPS) is 23.9. The SMILES string of the molecule is C[C@@H]1Cc2nn3c(c2CN1C(=O)OC(C)(C)C)C(F)=C[C@@H](O)CC3. The zero-order valence-electron chi connectivity index (χ0n) is 14.5. The van der Waals surface area contributed by atoms with Gasteiger partial charge in [0.05, 0.1) is 18.3 Å². The highest BCUT2D eigenvalue weighted by atomic mass is 19.1. The van der Waals surface area contributed by atoms with Crippen molar-refractivity contribution in [1.29, 1.82) is 0 Å². The number of rotatable bonds is 0. The summed E-state index contributed by atoms with van der Waals surface area (Å²) in [5, 5.41) is 14.2. The van der Waals surface area contributed by atoms with Crippen molar-refractivity contribution in [2.24, 2.45) is 0 Å². The molecule has 0 bridgehead atoms. The van der Waals surface area contributed by atoms with Crippen molar-refractivity contribution < 1.29 is 19.0 Å². The van der Waals surface area contributed by atoms with E-state index < -0.39 is 23.6 Å². The zero-order valence-corrected chi connectivity index (χ0v) is 14.5. The van der Waals surface area contributed by atoms with Crippen LogP contribution in [0.5, 0.6) is 0 Å². The molecule has 1 aromatic rings. The van der Waals surface area contributed by atoms with Crippen molar-refractivity contribution >= 4 is 11.9 Å². The molecule has 24 heavy (non-hydrogen) atoms. The fraction of sp³-hybridized carbons (Fsp3) is 0.647. The van der Waals surface area contributed by atoms with Crippen LogP contribution in [0.2, 0.25) is 0 Å². The second-order valence-corrected chi connectivity index (χ2v) is 7.53. The van der Waals surface area contributed by atoms with E-state index in [2.05, 4.69) is 5.10 Å². The van der Waals surface area contributed by atoms with Crippen molar-refractivity contribution in [3.63, 3.8) is 0 Å². The molecule has 7 heteroatoms. The van der Waals surface area contributed by atoms with Crippen LogP contribution in [0.4, 0.5) is 9.18 Å². The summed E-state index contributed by atoms with van der Waals surface area (Å²) in [7, 11) is 0. The lowest BCUT2D eigenvalue weighted by Gasteiger charge is -2.34. The quantitative estimate of drug-likeness (QED) is 0.790. The molecule has 0 fully saturated rings. The van der Waals surface area contributed by atoms with E-state index in [-0.39, 0.29) is 12.6 Å². The highest BCUT2D eigenvalue weighted by Crippen LogP contribution is 2.33. The molecule has 0 radical (unpaired) electrons. The highest BCUT2D eigenvalue weighted by molar-refractivity contribution is 5.70. The Morgan fingerprint density at radius 3 is 2.83 bits per heavy atom. The molecule has 1 amide bonds. The van der Waals surface area contributed by atoms with Crippen LogP contribution in [-0.4, -0.2) is 43.6 Å². The van der Waals surface area contributed by atoms with E-state index in [1.807, 2.05) is 27.7 Å². The minimum absolute atomic E-state index is 0.0656. The molecule has 2 aliphatic heterocycles. The number of amides is 1. The van der Waals surface area contributed by atoms with Gasteiger partial charge in [-0.05, 0) is 40.2 Å². The van der Waals surface area contributed by atoms with Gasteiger partial charge in [-0.3, -0.25) is 4.68 Å². The summed E-state index contributed by atoms with van der Waals surface area (Å²) in [6.45, 7) is 8.11. The topological polar surface area (TPSA) is 67.6 Å². The van der Waals surface area contributed by atoms with Crippen LogP contribution in [0.3, 0.4) is 0 Å². The first kappa shape index (κ1) is 17.0. The maximum atomic E-state index is 14.5. The molecule has 132 valence electrons. The molecular weight excluding hydrogens is 313 g/mol. The lowest BCUT2D eigenvalue weighted by Crippen LogP contribution is -2.45. The Morgan fingerprint density at radius 1 is 1.46 bits per heavy atom. The maximum Gasteiger partial charge on any atom is 0.410 e. The van der Waals surface area contributed by atoms with Gasteiger partial charge < -0.3 is 14.7 Å². The van der Waals surface area contributed by atoms with Gasteiger partial charge in [-0.15, -0.1) is 0 Å². The van der Waals surface area contributed by atoms with Gasteiger partial charge >= 0.3 is 6.09 Å². The van der Waals surface area contributed by atoms with Crippen LogP contribution >= 0.6 is 0 Å². The van der Waals surface area contributed by atoms with E-state index in [0.29, 0.717) is 30.6 Å². The summed E-state index contributed by atoms with van der Waals surface area (Å²) < 4.78 is 21.6. The summed E-state index contributed by atoms with van der Waals surface area (Å²) in [5.41, 5.74) is 1.32. The molecule has 0 aliphatic carbocycles. The summed E-state index contributed by atoms with van der Waals surface area (Å²) in [4.78, 5) is 14.1. The van der Waals surface area contributed by atoms with Crippen LogP contribution in [0.25, 0.3) is 5.83 Å². The first-order valence-electron chi connectivity index (χ1n) is 8.29. The molecule has 0 saturated heterocycles. The smallest absolute Gasteiger partial charge is 0.410 e. The van der Waals surface area contributed by atoms with Crippen LogP contribution in [-0.2, 0) is 24.2 Å². The van der Waals surface area contributed by atoms with Gasteiger partial charge in [-0.25, -0.2) is 9.18 Å². The number of hydrogen-bond donors (Lipinski definition) is 1. The largest absolute Gasteiger partial charge is 0.444 e. The molecule has 1 N–H and O–H groups in total. The molecule has 0 saturated carbocycles. The Bertz CT molecular complexity index is 690. The molecule has 0 aromatic carbocycles. The molecule has 3 rings (SSSR count). The average Bonchev–Trinajstić information content (AvgIpc) is 2.72. The molecule has 0 unspecified atom stereocenters. The number of fused-ring (bicyclic) bond motifs is 3. The number of aliphatic hydroxyl groups is 1. The number of aliphatic hydroxyl groups excluding tert-OH is 1. The van der Waals surface area contributed by atoms with Gasteiger partial charge in [0.1, 0.15) is 17.1 Å². The predicted molar refractivity (Wildman–Crippen MR) is 86.9 cm³/mol. The lowest BCUT2D eigenvalue weighted by atomic mass is 9.99. The Morgan fingerprint density at radius 2 is 2.17 bits per heavy atom. The lowest BCUT2D eigenvalue weighted by molar-refractivity contribution is 0.0137. The third kappa shape index (κ3) is 3.17. The number of aromatic nitrogens is 2. The number of nitrogens with zero attached hydrogens (tertiary/aromatic N) is 3. The van der Waals surface area contributed by atoms with E-state index in [4.69, 9.17) is 4.74 Å². The molecule has 3 heterocycles. The van der Waals surface area contributed by atoms with E-state index in [0.717, 1.165) is 5.69 Å². The standard InChI is InChI=1S/C17H24FN3O3/c1-10-7-14-12(9-20(10)16(23)24-17(2,3)4)15-13(18)8-11(22)5-6-21(15)19-14/h8,10-11,22H,5-7,9H2,1-4H3/t10-,11+/m1/s1. The predicted octanol–water partition coefficient (Wildman–Crippen LogP) is 2.64. The van der Waals surface area contributed by atoms with Crippen molar-refractivity contribution in [2.45, 2.75) is 71.4 Å². The molecular formula is C17H24FN3O3. The zero-order chi connectivity index (χ0) is 17.6. The number of halogens is 1. The summed E-state index contributed by atoms with van der Waals surface area (Å²) >= 11 is 0. The second-order valence-electron chi connectivity index (χ2n) is 7.53. The van der Waals surface area contributed by atoms with Crippen LogP contribution in [0, 0.1) is 0 Å². The van der Waals surface area contributed by atoms with Gasteiger partial charge in [0.25, 0.3) is 0 Å². The third-order valence-electron chi connectivity index (χ3n) is 4.31. The molecule has 2 atom stereocenters. The Balaban J connectivity index is 1.93. The Labute approximate surface area is 140 Å². The Hall–Kier alpha value is -1.89. The van der Waals surface area contributed by atoms with E-state index >= 15 is 0 Å². The monoisotopic (exact) mass is 337 g/mol. The van der Waals surface area contributed by atoms with Gasteiger partial charge in [0, 0.05) is 24.6 Å². The maximum absolute atomic E-state index is 14.5. The van der Waals surface area contributed by atoms with Crippen molar-refractivity contribution in [2.75, 3.05) is 0 Å². The molecule has 0 spiro atoms. The van der Waals surface area contributed by atoms with Crippen LogP contribution in [0.15, 0.2) is 6.08 Å². The molecule has 2 aliphatic rings. The average molecular weight is 337 g/mol. The fourth-order valence-corrected chi connectivity index (χ4v) is 3.17. The first-order valence-corrected chi connectivity index (χ1v) is 8.29. The van der Waals surface area contributed by atoms with Crippen molar-refractivity contribution in [3.8, 4) is 0 Å². The van der Waals surface area contributed by atoms with Crippen LogP contribution in [0.1, 0.15) is 51.1 Å². The van der Waals surface area contributed by atoms with Crippen molar-refractivity contribution in [1.82, 2.24) is 14.7 Å². The highest BCUT2D eigenvalue weighted by Gasteiger charge is 2.35. The van der Waals surface area contributed by atoms with Gasteiger partial charge in [0.15, 0.2) is 0 Å². The summed E-state index contributed by atoms with van der Waals surface area (Å²) in [6, 6.07) is -0.0656. The number of aryl methyl sites for hydroxylation is 1. The minimum atomic E-state index is -0.813. The minimum Gasteiger partial charge on any atom is -0.444 e. The van der Waals surface area contributed by atoms with Crippen molar-refractivity contribution in [3.05, 3.63) is 23.0 Å². The van der Waals surface area contributed by atoms with Crippen LogP contribution < -0.4 is 0 Å². The van der Waals surface area contributed by atoms with E-state index in [1.54, 1.807) is 9.58 Å². The number of carbonyl (C=O) groups excluding carboxylic acids is 1. The first-order chi connectivity index (χ1) is 11.2. The van der Waals surface area contributed by atoms with E-state index in [1.165, 1.54) is 6.08 Å². The Kier molecular flexibility index (Phi) is 4.15. The summed E-state index contributed by atoms with van der Waals surface area (Å²) in [5.74, 6) is -0.479. The number of carbonyl (C=O) groups is 1. The van der Waals surface area contributed by atoms with E-state index in [9.17, 15) is 14.3 Å². The fourth-order valence-electron chi connectivity index (χ4n) is 3.17. The van der Waals surface area contributed by atoms with Gasteiger partial charge in [-0.2, -0.15) is 5.10 Å². The third-order valence-corrected chi connectivity index (χ3v) is 4.31. The number of ether oxygens (including phenoxy) is 1. The number of hydrogen-bond acceptors (Lipinski definition) is 4. The molecule has 1 aromatic heterocycles. The van der Waals surface area contributed by atoms with Gasteiger partial charge in [-0.1, -0.05) is 0 Å². The van der Waals surface area contributed by atoms with Gasteiger partial charge in [0.2, 0.25) is 0 Å². The molecule has 6 nitrogen and oxygen atoms in total. The second kappa shape index (κ2) is 5.88. The summed E-state index contributed by atoms with van der Waals surface area (Å²) in [6.07, 6.45) is 0.985.